The van der Waals surface area contributed by atoms with Gasteiger partial charge in [-0.05, 0) is 48.5 Å². The Kier molecular flexibility index (Phi) is 8.47. The van der Waals surface area contributed by atoms with Gasteiger partial charge in [-0.25, -0.2) is 14.4 Å². The first-order chi connectivity index (χ1) is 17.3. The molecule has 3 amide bonds. The van der Waals surface area contributed by atoms with E-state index in [0.29, 0.717) is 10.0 Å². The average molecular weight is 602 g/mol. The molecular formula is C23H19BrCl2N2O8. The average Bonchev–Trinajstić information content (AvgIpc) is 3.20. The summed E-state index contributed by atoms with van der Waals surface area (Å²) in [6.45, 7) is -0.269. The summed E-state index contributed by atoms with van der Waals surface area (Å²) in [5.41, 5.74) is 0.472. The second-order valence-electron chi connectivity index (χ2n) is 7.90. The van der Waals surface area contributed by atoms with Gasteiger partial charge < -0.3 is 14.2 Å². The number of hydrogen-bond donors (Lipinski definition) is 1. The van der Waals surface area contributed by atoms with E-state index in [9.17, 15) is 19.2 Å². The highest BCUT2D eigenvalue weighted by molar-refractivity contribution is 9.06. The second kappa shape index (κ2) is 11.6. The molecule has 13 heteroatoms. The number of carbonyl (C=O) groups excluding carboxylic acids is 4. The first kappa shape index (κ1) is 26.4. The highest BCUT2D eigenvalue weighted by Crippen LogP contribution is 2.32. The second-order valence-corrected chi connectivity index (χ2v) is 9.14. The molecule has 0 aliphatic carbocycles. The van der Waals surface area contributed by atoms with Crippen molar-refractivity contribution in [3.8, 4) is 0 Å². The summed E-state index contributed by atoms with van der Waals surface area (Å²) in [5.74, 6) is -1.79. The van der Waals surface area contributed by atoms with E-state index in [4.69, 9.17) is 41.2 Å². The van der Waals surface area contributed by atoms with Crippen LogP contribution in [0.25, 0.3) is 0 Å². The number of imide groups is 1. The van der Waals surface area contributed by atoms with Gasteiger partial charge in [0.2, 0.25) is 5.91 Å². The van der Waals surface area contributed by atoms with Crippen LogP contribution in [0.15, 0.2) is 48.5 Å². The quantitative estimate of drug-likeness (QED) is 0.477. The lowest BCUT2D eigenvalue weighted by Gasteiger charge is -2.33. The van der Waals surface area contributed by atoms with Crippen LogP contribution in [0, 0.1) is 0 Å². The topological polar surface area (TPSA) is 120 Å². The largest absolute Gasteiger partial charge is 0.459 e. The zero-order valence-corrected chi connectivity index (χ0v) is 21.5. The minimum atomic E-state index is -1.10. The van der Waals surface area contributed by atoms with Gasteiger partial charge in [0.25, 0.3) is 0 Å². The molecule has 4 atom stereocenters. The Hall–Kier alpha value is -2.70. The van der Waals surface area contributed by atoms with Crippen molar-refractivity contribution in [1.29, 1.82) is 0 Å². The number of benzene rings is 2. The van der Waals surface area contributed by atoms with Crippen LogP contribution in [-0.4, -0.2) is 66.5 Å². The summed E-state index contributed by atoms with van der Waals surface area (Å²) < 4.78 is 22.5. The standard InChI is InChI=1S/C23H19BrCl2N2O8/c24-36-19-18(35-22(31)13-3-7-15(26)8-4-13)16(11-33-21(30)12-1-5-14(25)6-2-12)34-20(19)28-10-9-17(29)27-23(28)32/h1-8,16,18-20H,9-11H2,(H,27,29,32)/t16-,18?,19?,20-/m1/s1. The molecule has 2 aliphatic rings. The number of nitrogens with one attached hydrogen (secondary N) is 1. The molecule has 0 saturated carbocycles. The zero-order valence-electron chi connectivity index (χ0n) is 18.4. The van der Waals surface area contributed by atoms with Gasteiger partial charge in [-0.15, -0.1) is 0 Å². The summed E-state index contributed by atoms with van der Waals surface area (Å²) in [5, 5.41) is 3.11. The molecule has 2 saturated heterocycles. The molecule has 36 heavy (non-hydrogen) atoms. The van der Waals surface area contributed by atoms with Crippen molar-refractivity contribution in [3.63, 3.8) is 0 Å². The van der Waals surface area contributed by atoms with Crippen LogP contribution in [0.2, 0.25) is 10.0 Å². The van der Waals surface area contributed by atoms with Gasteiger partial charge in [-0.1, -0.05) is 23.2 Å². The highest BCUT2D eigenvalue weighted by Gasteiger charge is 2.52. The lowest BCUT2D eigenvalue weighted by Crippen LogP contribution is -2.56. The molecule has 0 spiro atoms. The van der Waals surface area contributed by atoms with Crippen molar-refractivity contribution in [3.05, 3.63) is 69.7 Å². The molecule has 10 nitrogen and oxygen atoms in total. The summed E-state index contributed by atoms with van der Waals surface area (Å²) in [4.78, 5) is 50.7. The number of halogens is 3. The van der Waals surface area contributed by atoms with Crippen molar-refractivity contribution in [2.45, 2.75) is 31.0 Å². The van der Waals surface area contributed by atoms with E-state index in [2.05, 4.69) is 21.6 Å². The summed E-state index contributed by atoms with van der Waals surface area (Å²) >= 11 is 14.7. The fourth-order valence-electron chi connectivity index (χ4n) is 3.76. The number of amides is 3. The molecule has 1 N–H and O–H groups in total. The first-order valence-electron chi connectivity index (χ1n) is 10.7. The minimum Gasteiger partial charge on any atom is -0.459 e. The molecule has 2 aliphatic heterocycles. The molecule has 0 radical (unpaired) electrons. The maximum absolute atomic E-state index is 12.9. The summed E-state index contributed by atoms with van der Waals surface area (Å²) in [6, 6.07) is 11.4. The van der Waals surface area contributed by atoms with Crippen LogP contribution in [-0.2, 0) is 22.8 Å². The van der Waals surface area contributed by atoms with E-state index in [1.54, 1.807) is 12.1 Å². The lowest BCUT2D eigenvalue weighted by molar-refractivity contribution is -0.125. The van der Waals surface area contributed by atoms with Gasteiger partial charge in [0.1, 0.15) is 12.7 Å². The smallest absolute Gasteiger partial charge is 0.338 e. The van der Waals surface area contributed by atoms with Gasteiger partial charge in [0.15, 0.2) is 18.4 Å². The van der Waals surface area contributed by atoms with Gasteiger partial charge in [0.05, 0.1) is 27.4 Å². The zero-order chi connectivity index (χ0) is 25.8. The maximum atomic E-state index is 12.9. The van der Waals surface area contributed by atoms with E-state index in [-0.39, 0.29) is 30.7 Å². The SMILES string of the molecule is O=C1CCN([C@@H]2O[C@H](COC(=O)c3ccc(Cl)cc3)C(OC(=O)c3ccc(Cl)cc3)C2OBr)C(=O)N1. The van der Waals surface area contributed by atoms with Crippen LogP contribution >= 0.6 is 39.5 Å². The molecular weight excluding hydrogens is 583 g/mol. The van der Waals surface area contributed by atoms with Gasteiger partial charge in [0, 0.05) is 23.0 Å². The Bertz CT molecular complexity index is 1150. The van der Waals surface area contributed by atoms with Crippen molar-refractivity contribution >= 4 is 63.3 Å². The molecule has 190 valence electrons. The number of hydrogen-bond acceptors (Lipinski definition) is 8. The molecule has 0 aromatic heterocycles. The fourth-order valence-corrected chi connectivity index (χ4v) is 4.40. The van der Waals surface area contributed by atoms with E-state index in [0.717, 1.165) is 0 Å². The number of rotatable bonds is 7. The Labute approximate surface area is 224 Å². The Morgan fingerprint density at radius 1 is 0.972 bits per heavy atom. The van der Waals surface area contributed by atoms with Crippen molar-refractivity contribution in [2.75, 3.05) is 13.2 Å². The lowest BCUT2D eigenvalue weighted by atomic mass is 10.1. The van der Waals surface area contributed by atoms with Crippen LogP contribution < -0.4 is 5.32 Å². The van der Waals surface area contributed by atoms with Crippen LogP contribution in [0.4, 0.5) is 4.79 Å². The van der Waals surface area contributed by atoms with Crippen molar-refractivity contribution in [2.24, 2.45) is 0 Å². The maximum Gasteiger partial charge on any atom is 0.338 e. The van der Waals surface area contributed by atoms with Crippen LogP contribution in [0.5, 0.6) is 0 Å². The minimum absolute atomic E-state index is 0.0477. The molecule has 2 fully saturated rings. The van der Waals surface area contributed by atoms with E-state index in [1.807, 2.05) is 0 Å². The first-order valence-corrected chi connectivity index (χ1v) is 12.1. The third-order valence-corrected chi connectivity index (χ3v) is 6.50. The Balaban J connectivity index is 1.54. The number of carbonyl (C=O) groups is 4. The number of urea groups is 1. The van der Waals surface area contributed by atoms with Crippen LogP contribution in [0.3, 0.4) is 0 Å². The molecule has 2 unspecified atom stereocenters. The van der Waals surface area contributed by atoms with Crippen molar-refractivity contribution in [1.82, 2.24) is 10.2 Å². The summed E-state index contributed by atoms with van der Waals surface area (Å²) in [7, 11) is 0. The fraction of sp³-hybridized carbons (Fsp3) is 0.304. The third-order valence-electron chi connectivity index (χ3n) is 5.56. The van der Waals surface area contributed by atoms with E-state index >= 15 is 0 Å². The summed E-state index contributed by atoms with van der Waals surface area (Å²) in [6.07, 6.45) is -4.12. The molecule has 4 rings (SSSR count). The monoisotopic (exact) mass is 600 g/mol. The number of ether oxygens (including phenoxy) is 3. The van der Waals surface area contributed by atoms with Crippen molar-refractivity contribution < 1.29 is 37.2 Å². The molecule has 0 bridgehead atoms. The number of nitrogens with zero attached hydrogens (tertiary/aromatic N) is 1. The molecule has 2 aromatic rings. The van der Waals surface area contributed by atoms with Gasteiger partial charge in [-0.2, -0.15) is 0 Å². The Morgan fingerprint density at radius 3 is 2.11 bits per heavy atom. The number of esters is 2. The molecule has 2 aromatic carbocycles. The third kappa shape index (κ3) is 5.98. The normalized spacial score (nSPS) is 23.8. The molecule has 2 heterocycles. The van der Waals surface area contributed by atoms with Gasteiger partial charge in [-0.3, -0.25) is 18.8 Å². The highest BCUT2D eigenvalue weighted by atomic mass is 79.9. The Morgan fingerprint density at radius 2 is 1.56 bits per heavy atom. The van der Waals surface area contributed by atoms with E-state index < -0.39 is 48.4 Å². The van der Waals surface area contributed by atoms with Crippen LogP contribution in [0.1, 0.15) is 27.1 Å². The predicted octanol–water partition coefficient (Wildman–Crippen LogP) is 3.74. The van der Waals surface area contributed by atoms with Gasteiger partial charge >= 0.3 is 18.0 Å². The van der Waals surface area contributed by atoms with E-state index in [1.165, 1.54) is 41.3 Å². The predicted molar refractivity (Wildman–Crippen MR) is 130 cm³/mol.